The first kappa shape index (κ1) is 14.8. The van der Waals surface area contributed by atoms with E-state index in [0.717, 1.165) is 9.49 Å². The summed E-state index contributed by atoms with van der Waals surface area (Å²) in [5.41, 5.74) is 0.740. The fourth-order valence-electron chi connectivity index (χ4n) is 2.62. The van der Waals surface area contributed by atoms with E-state index >= 15 is 0 Å². The van der Waals surface area contributed by atoms with Crippen LogP contribution in [0.5, 0.6) is 5.75 Å². The second kappa shape index (κ2) is 5.60. The Morgan fingerprint density at radius 3 is 2.55 bits per heavy atom. The molecule has 0 aromatic heterocycles. The number of rotatable bonds is 2. The van der Waals surface area contributed by atoms with E-state index in [1.54, 1.807) is 12.1 Å². The van der Waals surface area contributed by atoms with Gasteiger partial charge >= 0.3 is 6.09 Å². The first-order chi connectivity index (χ1) is 10.5. The van der Waals surface area contributed by atoms with Crippen molar-refractivity contribution in [2.75, 3.05) is 6.54 Å². The zero-order valence-electron chi connectivity index (χ0n) is 11.4. The van der Waals surface area contributed by atoms with Gasteiger partial charge in [0.2, 0.25) is 5.91 Å². The number of amides is 3. The summed E-state index contributed by atoms with van der Waals surface area (Å²) >= 11 is 2.92. The summed E-state index contributed by atoms with van der Waals surface area (Å²) in [7, 11) is 0. The summed E-state index contributed by atoms with van der Waals surface area (Å²) < 4.78 is 6.18. The molecule has 7 nitrogen and oxygen atoms in total. The number of carbonyl (C=O) groups is 3. The van der Waals surface area contributed by atoms with Gasteiger partial charge in [-0.2, -0.15) is 0 Å². The molecule has 2 aliphatic heterocycles. The molecule has 2 unspecified atom stereocenters. The molecule has 0 saturated carbocycles. The van der Waals surface area contributed by atoms with E-state index in [9.17, 15) is 19.5 Å². The molecule has 0 bridgehead atoms. The molecule has 1 aromatic rings. The zero-order valence-corrected chi connectivity index (χ0v) is 13.0. The summed E-state index contributed by atoms with van der Waals surface area (Å²) in [5.74, 6) is -0.649. The predicted molar refractivity (Wildman–Crippen MR) is 77.8 cm³/mol. The first-order valence-electron chi connectivity index (χ1n) is 6.76. The third-order valence-corrected chi connectivity index (χ3v) is 4.56. The van der Waals surface area contributed by atoms with Gasteiger partial charge in [0.25, 0.3) is 5.91 Å². The van der Waals surface area contributed by atoms with Crippen LogP contribution in [0.2, 0.25) is 0 Å². The Labute approximate surface area is 134 Å². The second-order valence-electron chi connectivity index (χ2n) is 5.18. The van der Waals surface area contributed by atoms with Gasteiger partial charge in [-0.25, -0.2) is 8.72 Å². The van der Waals surface area contributed by atoms with E-state index in [1.165, 1.54) is 17.0 Å². The summed E-state index contributed by atoms with van der Waals surface area (Å²) in [6.45, 7) is 0.231. The van der Waals surface area contributed by atoms with Crippen LogP contribution < -0.4 is 0 Å². The lowest BCUT2D eigenvalue weighted by atomic mass is 10.0. The van der Waals surface area contributed by atoms with Crippen molar-refractivity contribution in [1.82, 2.24) is 8.83 Å². The molecule has 3 rings (SSSR count). The highest BCUT2D eigenvalue weighted by Gasteiger charge is 2.44. The maximum atomic E-state index is 12.1. The molecule has 22 heavy (non-hydrogen) atoms. The molecule has 2 heterocycles. The van der Waals surface area contributed by atoms with Crippen LogP contribution in [0.4, 0.5) is 4.79 Å². The van der Waals surface area contributed by atoms with Crippen molar-refractivity contribution in [2.45, 2.75) is 25.0 Å². The number of hydrogen-bond acceptors (Lipinski definition) is 5. The van der Waals surface area contributed by atoms with Crippen LogP contribution in [-0.4, -0.2) is 44.4 Å². The van der Waals surface area contributed by atoms with Gasteiger partial charge in [0, 0.05) is 6.42 Å². The Kier molecular flexibility index (Phi) is 3.78. The number of hydrogen-bond donors (Lipinski definition) is 1. The van der Waals surface area contributed by atoms with Gasteiger partial charge in [-0.1, -0.05) is 12.1 Å². The summed E-state index contributed by atoms with van der Waals surface area (Å²) in [6.07, 6.45) is -0.596. The van der Waals surface area contributed by atoms with Crippen LogP contribution in [0.3, 0.4) is 0 Å². The van der Waals surface area contributed by atoms with Crippen LogP contribution >= 0.6 is 16.1 Å². The smallest absolute Gasteiger partial charge is 0.411 e. The molecule has 8 heteroatoms. The number of aromatic hydroxyl groups is 1. The van der Waals surface area contributed by atoms with E-state index < -0.39 is 24.1 Å². The number of carbonyl (C=O) groups excluding carboxylic acids is 3. The van der Waals surface area contributed by atoms with Crippen molar-refractivity contribution in [3.8, 4) is 5.75 Å². The maximum absolute atomic E-state index is 12.1. The molecule has 3 amide bonds. The average Bonchev–Trinajstić information content (AvgIpc) is 2.88. The lowest BCUT2D eigenvalue weighted by Gasteiger charge is -2.30. The van der Waals surface area contributed by atoms with Gasteiger partial charge in [0.15, 0.2) is 0 Å². The molecule has 0 spiro atoms. The third kappa shape index (κ3) is 2.54. The molecule has 2 fully saturated rings. The number of benzene rings is 1. The van der Waals surface area contributed by atoms with Crippen molar-refractivity contribution in [1.29, 1.82) is 0 Å². The summed E-state index contributed by atoms with van der Waals surface area (Å²) in [4.78, 5) is 37.0. The number of phenolic OH excluding ortho intramolecular Hbond substituents is 1. The molecule has 1 aromatic carbocycles. The van der Waals surface area contributed by atoms with E-state index in [4.69, 9.17) is 4.74 Å². The van der Waals surface area contributed by atoms with Gasteiger partial charge in [-0.05, 0) is 24.1 Å². The Morgan fingerprint density at radius 1 is 1.18 bits per heavy atom. The highest BCUT2D eigenvalue weighted by molar-refractivity contribution is 9.08. The van der Waals surface area contributed by atoms with Gasteiger partial charge in [-0.3, -0.25) is 14.5 Å². The lowest BCUT2D eigenvalue weighted by Crippen LogP contribution is -2.51. The Morgan fingerprint density at radius 2 is 1.86 bits per heavy atom. The number of phenols is 1. The van der Waals surface area contributed by atoms with Crippen molar-refractivity contribution in [3.05, 3.63) is 29.8 Å². The van der Waals surface area contributed by atoms with Gasteiger partial charge in [0.1, 0.15) is 17.9 Å². The summed E-state index contributed by atoms with van der Waals surface area (Å²) in [5, 5.41) is 9.29. The SMILES string of the molecule is O=C1CCC(N2CC(c3ccc(O)cc3)OC2=O)C(=O)N1Br. The molecule has 2 aliphatic rings. The van der Waals surface area contributed by atoms with Crippen molar-refractivity contribution in [3.63, 3.8) is 0 Å². The lowest BCUT2D eigenvalue weighted by molar-refractivity contribution is -0.144. The average molecular weight is 369 g/mol. The number of halogens is 1. The molecule has 0 radical (unpaired) electrons. The Bertz CT molecular complexity index is 633. The molecular formula is C14H13BrN2O5. The minimum absolute atomic E-state index is 0.126. The number of piperidine rings is 1. The van der Waals surface area contributed by atoms with Gasteiger partial charge in [-0.15, -0.1) is 0 Å². The highest BCUT2D eigenvalue weighted by atomic mass is 79.9. The predicted octanol–water partition coefficient (Wildman–Crippen LogP) is 1.71. The molecule has 2 atom stereocenters. The number of cyclic esters (lactones) is 1. The number of ether oxygens (including phenoxy) is 1. The molecular weight excluding hydrogens is 356 g/mol. The minimum atomic E-state index is -0.702. The van der Waals surface area contributed by atoms with Crippen molar-refractivity contribution in [2.24, 2.45) is 0 Å². The van der Waals surface area contributed by atoms with Crippen molar-refractivity contribution < 1.29 is 24.2 Å². The van der Waals surface area contributed by atoms with Crippen LogP contribution in [0.25, 0.3) is 0 Å². The van der Waals surface area contributed by atoms with Crippen LogP contribution in [0, 0.1) is 0 Å². The fourth-order valence-corrected chi connectivity index (χ4v) is 3.04. The van der Waals surface area contributed by atoms with Crippen LogP contribution in [-0.2, 0) is 14.3 Å². The second-order valence-corrected chi connectivity index (χ2v) is 5.89. The standard InChI is InChI=1S/C14H13BrN2O5/c15-17-12(19)6-5-10(13(17)20)16-7-11(22-14(16)21)8-1-3-9(18)4-2-8/h1-4,10-11,18H,5-7H2. The zero-order chi connectivity index (χ0) is 15.9. The van der Waals surface area contributed by atoms with Crippen LogP contribution in [0.1, 0.15) is 24.5 Å². The normalized spacial score (nSPS) is 25.6. The fraction of sp³-hybridized carbons (Fsp3) is 0.357. The monoisotopic (exact) mass is 368 g/mol. The van der Waals surface area contributed by atoms with Gasteiger partial charge in [0.05, 0.1) is 22.7 Å². The van der Waals surface area contributed by atoms with Crippen LogP contribution in [0.15, 0.2) is 24.3 Å². The Hall–Kier alpha value is -2.09. The molecule has 2 saturated heterocycles. The topological polar surface area (TPSA) is 87.1 Å². The molecule has 1 N–H and O–H groups in total. The Balaban J connectivity index is 1.76. The number of nitrogens with zero attached hydrogens (tertiary/aromatic N) is 2. The largest absolute Gasteiger partial charge is 0.508 e. The number of imide groups is 1. The molecule has 0 aliphatic carbocycles. The highest BCUT2D eigenvalue weighted by Crippen LogP contribution is 2.31. The first-order valence-corrected chi connectivity index (χ1v) is 7.47. The van der Waals surface area contributed by atoms with E-state index in [-0.39, 0.29) is 31.0 Å². The minimum Gasteiger partial charge on any atom is -0.508 e. The molecule has 116 valence electrons. The third-order valence-electron chi connectivity index (χ3n) is 3.81. The van der Waals surface area contributed by atoms with E-state index in [1.807, 2.05) is 0 Å². The van der Waals surface area contributed by atoms with Gasteiger partial charge < -0.3 is 9.84 Å². The van der Waals surface area contributed by atoms with Crippen molar-refractivity contribution >= 4 is 34.1 Å². The maximum Gasteiger partial charge on any atom is 0.411 e. The van der Waals surface area contributed by atoms with E-state index in [0.29, 0.717) is 0 Å². The van der Waals surface area contributed by atoms with E-state index in [2.05, 4.69) is 16.1 Å². The quantitative estimate of drug-likeness (QED) is 0.634. The summed E-state index contributed by atoms with van der Waals surface area (Å²) in [6, 6.07) is 5.65.